The summed E-state index contributed by atoms with van der Waals surface area (Å²) in [5.41, 5.74) is 0.255. The zero-order valence-electron chi connectivity index (χ0n) is 12.8. The van der Waals surface area contributed by atoms with E-state index < -0.39 is 19.9 Å². The molecule has 0 rings (SSSR count). The lowest BCUT2D eigenvalue weighted by atomic mass is 10.3. The van der Waals surface area contributed by atoms with Crippen LogP contribution in [-0.2, 0) is 23.1 Å². The van der Waals surface area contributed by atoms with Crippen LogP contribution < -0.4 is 0 Å². The van der Waals surface area contributed by atoms with Crippen molar-refractivity contribution >= 4 is 13.8 Å². The Kier molecular flexibility index (Phi) is 7.62. The highest BCUT2D eigenvalue weighted by molar-refractivity contribution is 7.47. The second kappa shape index (κ2) is 7.90. The van der Waals surface area contributed by atoms with E-state index in [0.717, 1.165) is 0 Å². The molecule has 0 saturated carbocycles. The number of carbonyl (C=O) groups is 1. The van der Waals surface area contributed by atoms with Crippen LogP contribution >= 0.6 is 7.82 Å². The summed E-state index contributed by atoms with van der Waals surface area (Å²) in [5, 5.41) is 0. The first-order chi connectivity index (χ1) is 8.93. The van der Waals surface area contributed by atoms with Crippen LogP contribution in [0.15, 0.2) is 12.2 Å². The Morgan fingerprint density at radius 2 is 1.90 bits per heavy atom. The highest BCUT2D eigenvalue weighted by Crippen LogP contribution is 2.44. The molecule has 0 fully saturated rings. The minimum atomic E-state index is -4.14. The molecule has 0 aliphatic heterocycles. The second-order valence-corrected chi connectivity index (χ2v) is 7.01. The Bertz CT molecular complexity index is 390. The fraction of sp³-hybridized carbons (Fsp3) is 0.750. The van der Waals surface area contributed by atoms with E-state index in [1.165, 1.54) is 6.92 Å². The van der Waals surface area contributed by atoms with Gasteiger partial charge in [-0.3, -0.25) is 9.05 Å². The molecule has 2 unspecified atom stereocenters. The SMILES string of the molecule is C=C(C)C(=O)OCCOP(=O)(O)OC(C)C[N+](C)(C)C. The van der Waals surface area contributed by atoms with E-state index in [2.05, 4.69) is 6.58 Å². The largest absolute Gasteiger partial charge is 0.472 e. The van der Waals surface area contributed by atoms with E-state index in [1.54, 1.807) is 6.92 Å². The number of carbonyl (C=O) groups excluding carboxylic acids is 1. The lowest BCUT2D eigenvalue weighted by Crippen LogP contribution is -2.41. The summed E-state index contributed by atoms with van der Waals surface area (Å²) in [6.07, 6.45) is -0.441. The number of nitrogens with zero attached hydrogens (tertiary/aromatic N) is 1. The normalized spacial score (nSPS) is 16.3. The van der Waals surface area contributed by atoms with Crippen LogP contribution in [0.3, 0.4) is 0 Å². The molecule has 0 bridgehead atoms. The van der Waals surface area contributed by atoms with Gasteiger partial charge in [0.1, 0.15) is 19.3 Å². The van der Waals surface area contributed by atoms with Gasteiger partial charge in [-0.25, -0.2) is 9.36 Å². The molecule has 0 radical (unpaired) electrons. The monoisotopic (exact) mass is 310 g/mol. The summed E-state index contributed by atoms with van der Waals surface area (Å²) in [7, 11) is 1.69. The van der Waals surface area contributed by atoms with Crippen molar-refractivity contribution in [1.29, 1.82) is 0 Å². The van der Waals surface area contributed by atoms with Gasteiger partial charge in [0.25, 0.3) is 0 Å². The van der Waals surface area contributed by atoms with Gasteiger partial charge in [0.05, 0.1) is 27.7 Å². The summed E-state index contributed by atoms with van der Waals surface area (Å²) in [4.78, 5) is 20.6. The minimum absolute atomic E-state index is 0.136. The topological polar surface area (TPSA) is 82.1 Å². The maximum absolute atomic E-state index is 11.6. The summed E-state index contributed by atoms with van der Waals surface area (Å²) in [6, 6.07) is 0. The highest BCUT2D eigenvalue weighted by Gasteiger charge is 2.27. The number of esters is 1. The molecule has 20 heavy (non-hydrogen) atoms. The van der Waals surface area contributed by atoms with Crippen LogP contribution in [0, 0.1) is 0 Å². The summed E-state index contributed by atoms with van der Waals surface area (Å²) < 4.78 is 26.7. The average Bonchev–Trinajstić information content (AvgIpc) is 2.19. The van der Waals surface area contributed by atoms with Gasteiger partial charge in [-0.15, -0.1) is 0 Å². The molecule has 2 atom stereocenters. The smallest absolute Gasteiger partial charge is 0.460 e. The van der Waals surface area contributed by atoms with Gasteiger partial charge in [0, 0.05) is 5.57 Å². The molecular formula is C12H25NO6P+. The zero-order valence-corrected chi connectivity index (χ0v) is 13.7. The van der Waals surface area contributed by atoms with Gasteiger partial charge in [0.2, 0.25) is 0 Å². The van der Waals surface area contributed by atoms with Crippen molar-refractivity contribution < 1.29 is 32.5 Å². The van der Waals surface area contributed by atoms with Gasteiger partial charge in [-0.05, 0) is 13.8 Å². The van der Waals surface area contributed by atoms with E-state index >= 15 is 0 Å². The molecule has 0 heterocycles. The van der Waals surface area contributed by atoms with Crippen LogP contribution in [0.2, 0.25) is 0 Å². The lowest BCUT2D eigenvalue weighted by molar-refractivity contribution is -0.873. The molecule has 8 heteroatoms. The molecule has 0 spiro atoms. The Morgan fingerprint density at radius 3 is 2.35 bits per heavy atom. The third-order valence-electron chi connectivity index (χ3n) is 2.04. The summed E-state index contributed by atoms with van der Waals surface area (Å²) >= 11 is 0. The standard InChI is InChI=1S/C12H24NO6P/c1-10(2)12(14)17-7-8-18-20(15,16)19-11(3)9-13(4,5)6/h11H,1,7-9H2,2-6H3/p+1. The molecular weight excluding hydrogens is 285 g/mol. The molecule has 0 saturated heterocycles. The molecule has 0 amide bonds. The maximum atomic E-state index is 11.6. The van der Waals surface area contributed by atoms with Crippen LogP contribution in [0.25, 0.3) is 0 Å². The van der Waals surface area contributed by atoms with E-state index in [9.17, 15) is 14.3 Å². The number of ether oxygens (including phenoxy) is 1. The average molecular weight is 310 g/mol. The van der Waals surface area contributed by atoms with Crippen molar-refractivity contribution in [2.45, 2.75) is 20.0 Å². The number of phosphoric ester groups is 1. The fourth-order valence-electron chi connectivity index (χ4n) is 1.47. The first-order valence-corrected chi connectivity index (χ1v) is 7.71. The van der Waals surface area contributed by atoms with E-state index in [-0.39, 0.29) is 18.8 Å². The van der Waals surface area contributed by atoms with Gasteiger partial charge >= 0.3 is 13.8 Å². The fourth-order valence-corrected chi connectivity index (χ4v) is 2.36. The third kappa shape index (κ3) is 10.1. The van der Waals surface area contributed by atoms with Crippen LogP contribution in [0.1, 0.15) is 13.8 Å². The molecule has 0 aliphatic rings. The Morgan fingerprint density at radius 1 is 1.35 bits per heavy atom. The number of rotatable bonds is 9. The summed E-state index contributed by atoms with van der Waals surface area (Å²) in [6.45, 7) is 6.81. The predicted molar refractivity (Wildman–Crippen MR) is 75.0 cm³/mol. The zero-order chi connectivity index (χ0) is 16.0. The third-order valence-corrected chi connectivity index (χ3v) is 3.17. The number of phosphoric acid groups is 1. The van der Waals surface area contributed by atoms with Crippen molar-refractivity contribution in [3.63, 3.8) is 0 Å². The Balaban J connectivity index is 4.05. The van der Waals surface area contributed by atoms with Crippen LogP contribution in [0.4, 0.5) is 0 Å². The molecule has 1 N–H and O–H groups in total. The molecule has 0 aromatic rings. The lowest BCUT2D eigenvalue weighted by Gasteiger charge is -2.27. The van der Waals surface area contributed by atoms with Gasteiger partial charge in [0.15, 0.2) is 0 Å². The van der Waals surface area contributed by atoms with Crippen molar-refractivity contribution in [2.75, 3.05) is 40.9 Å². The second-order valence-electron chi connectivity index (χ2n) is 5.61. The van der Waals surface area contributed by atoms with Crippen LogP contribution in [0.5, 0.6) is 0 Å². The number of hydrogen-bond donors (Lipinski definition) is 1. The first kappa shape index (κ1) is 19.3. The van der Waals surface area contributed by atoms with Gasteiger partial charge < -0.3 is 14.1 Å². The quantitative estimate of drug-likeness (QED) is 0.227. The van der Waals surface area contributed by atoms with E-state index in [4.69, 9.17) is 13.8 Å². The van der Waals surface area contributed by atoms with Gasteiger partial charge in [-0.1, -0.05) is 6.58 Å². The maximum Gasteiger partial charge on any atom is 0.472 e. The molecule has 118 valence electrons. The molecule has 0 aromatic carbocycles. The van der Waals surface area contributed by atoms with Crippen molar-refractivity contribution in [1.82, 2.24) is 0 Å². The van der Waals surface area contributed by atoms with Crippen LogP contribution in [-0.4, -0.2) is 62.4 Å². The summed E-state index contributed by atoms with van der Waals surface area (Å²) in [5.74, 6) is -0.569. The first-order valence-electron chi connectivity index (χ1n) is 6.22. The molecule has 0 aromatic heterocycles. The Labute approximate surface area is 120 Å². The van der Waals surface area contributed by atoms with Crippen molar-refractivity contribution in [2.24, 2.45) is 0 Å². The minimum Gasteiger partial charge on any atom is -0.460 e. The van der Waals surface area contributed by atoms with Crippen molar-refractivity contribution in [3.8, 4) is 0 Å². The molecule has 0 aliphatic carbocycles. The Hall–Kier alpha value is -0.720. The molecule has 7 nitrogen and oxygen atoms in total. The van der Waals surface area contributed by atoms with E-state index in [1.807, 2.05) is 21.1 Å². The number of likely N-dealkylation sites (N-methyl/N-ethyl adjacent to an activating group) is 1. The van der Waals surface area contributed by atoms with E-state index in [0.29, 0.717) is 11.0 Å². The van der Waals surface area contributed by atoms with Crippen molar-refractivity contribution in [3.05, 3.63) is 12.2 Å². The highest BCUT2D eigenvalue weighted by atomic mass is 31.2. The predicted octanol–water partition coefficient (Wildman–Crippen LogP) is 1.33. The number of hydrogen-bond acceptors (Lipinski definition) is 5. The number of quaternary nitrogens is 1. The van der Waals surface area contributed by atoms with Gasteiger partial charge in [-0.2, -0.15) is 0 Å².